The van der Waals surface area contributed by atoms with Crippen molar-refractivity contribution in [1.29, 1.82) is 0 Å². The first kappa shape index (κ1) is 20.1. The fraction of sp³-hybridized carbons (Fsp3) is 0.579. The van der Waals surface area contributed by atoms with Gasteiger partial charge in [0.2, 0.25) is 5.91 Å². The van der Waals surface area contributed by atoms with Crippen LogP contribution < -0.4 is 10.6 Å². The van der Waals surface area contributed by atoms with Crippen LogP contribution in [0.4, 0.5) is 4.79 Å². The predicted molar refractivity (Wildman–Crippen MR) is 106 cm³/mol. The van der Waals surface area contributed by atoms with Crippen LogP contribution in [-0.4, -0.2) is 66.3 Å². The molecule has 2 aliphatic rings. The van der Waals surface area contributed by atoms with Gasteiger partial charge in [0.25, 0.3) is 0 Å². The van der Waals surface area contributed by atoms with Crippen molar-refractivity contribution < 1.29 is 14.3 Å². The van der Waals surface area contributed by atoms with Crippen LogP contribution in [-0.2, 0) is 9.53 Å². The molecule has 4 atom stereocenters. The van der Waals surface area contributed by atoms with Crippen LogP contribution in [0.3, 0.4) is 0 Å². The second-order valence-corrected chi connectivity index (χ2v) is 8.18. The van der Waals surface area contributed by atoms with Gasteiger partial charge in [-0.15, -0.1) is 11.8 Å². The number of ether oxygens (including phenoxy) is 1. The first-order chi connectivity index (χ1) is 12.9. The summed E-state index contributed by atoms with van der Waals surface area (Å²) in [6, 6.07) is 7.96. The van der Waals surface area contributed by atoms with Gasteiger partial charge in [-0.25, -0.2) is 4.79 Å². The van der Waals surface area contributed by atoms with E-state index in [1.54, 1.807) is 30.8 Å². The molecule has 0 aliphatic carbocycles. The topological polar surface area (TPSA) is 73.9 Å². The quantitative estimate of drug-likeness (QED) is 0.719. The van der Waals surface area contributed by atoms with Crippen molar-refractivity contribution in [2.75, 3.05) is 33.1 Å². The number of hydrogen-bond donors (Lipinski definition) is 2. The van der Waals surface area contributed by atoms with Gasteiger partial charge in [-0.1, -0.05) is 29.8 Å². The second-order valence-electron chi connectivity index (χ2n) is 6.93. The number of carbonyl (C=O) groups is 2. The fourth-order valence-corrected chi connectivity index (χ4v) is 4.79. The molecular weight excluding hydrogens is 364 g/mol. The lowest BCUT2D eigenvalue weighted by Crippen LogP contribution is -2.72. The van der Waals surface area contributed by atoms with E-state index in [0.717, 1.165) is 11.3 Å². The standard InChI is InChI=1S/C19H28N4O3S/c1-5-26-9-10-27-17-14-16(22(3)19(25)23(4)18(14)24)20-15(21-17)13-8-6-7-12(2)11-13/h6-8,11,14-17,20-21H,5,9-10H2,1-4H3. The Morgan fingerprint density at radius 3 is 2.70 bits per heavy atom. The van der Waals surface area contributed by atoms with Gasteiger partial charge < -0.3 is 9.64 Å². The van der Waals surface area contributed by atoms with Gasteiger partial charge in [0.05, 0.1) is 30.2 Å². The van der Waals surface area contributed by atoms with Gasteiger partial charge >= 0.3 is 6.03 Å². The highest BCUT2D eigenvalue weighted by atomic mass is 32.2. The second kappa shape index (κ2) is 8.60. The van der Waals surface area contributed by atoms with Gasteiger partial charge in [-0.3, -0.25) is 20.3 Å². The molecule has 0 bridgehead atoms. The van der Waals surface area contributed by atoms with E-state index in [-0.39, 0.29) is 35.6 Å². The third-order valence-corrected chi connectivity index (χ3v) is 6.25. The van der Waals surface area contributed by atoms with E-state index < -0.39 is 0 Å². The molecule has 2 fully saturated rings. The van der Waals surface area contributed by atoms with Crippen molar-refractivity contribution in [2.45, 2.75) is 31.6 Å². The number of aryl methyl sites for hydroxylation is 1. The zero-order chi connectivity index (χ0) is 19.6. The average Bonchev–Trinajstić information content (AvgIpc) is 2.67. The molecule has 2 aliphatic heterocycles. The molecule has 2 N–H and O–H groups in total. The number of carbonyl (C=O) groups excluding carboxylic acids is 2. The normalized spacial score (nSPS) is 28.4. The maximum absolute atomic E-state index is 12.9. The number of amides is 3. The minimum atomic E-state index is -0.356. The largest absolute Gasteiger partial charge is 0.381 e. The average molecular weight is 393 g/mol. The Labute approximate surface area is 164 Å². The van der Waals surface area contributed by atoms with E-state index in [9.17, 15) is 9.59 Å². The zero-order valence-corrected chi connectivity index (χ0v) is 17.1. The maximum Gasteiger partial charge on any atom is 0.327 e. The van der Waals surface area contributed by atoms with Gasteiger partial charge in [-0.05, 0) is 19.4 Å². The molecule has 148 valence electrons. The molecule has 0 radical (unpaired) electrons. The summed E-state index contributed by atoms with van der Waals surface area (Å²) in [6.07, 6.45) is -0.486. The number of nitrogens with zero attached hydrogens (tertiary/aromatic N) is 2. The molecule has 27 heavy (non-hydrogen) atoms. The lowest BCUT2D eigenvalue weighted by molar-refractivity contribution is -0.140. The first-order valence-electron chi connectivity index (χ1n) is 9.26. The highest BCUT2D eigenvalue weighted by molar-refractivity contribution is 7.99. The van der Waals surface area contributed by atoms with E-state index in [2.05, 4.69) is 35.8 Å². The van der Waals surface area contributed by atoms with Gasteiger partial charge in [0.1, 0.15) is 0 Å². The molecule has 1 aromatic carbocycles. The number of nitrogens with one attached hydrogen (secondary N) is 2. The van der Waals surface area contributed by atoms with Crippen molar-refractivity contribution in [3.63, 3.8) is 0 Å². The fourth-order valence-electron chi connectivity index (χ4n) is 3.62. The van der Waals surface area contributed by atoms with Crippen molar-refractivity contribution in [1.82, 2.24) is 20.4 Å². The third-order valence-electron chi connectivity index (χ3n) is 5.06. The van der Waals surface area contributed by atoms with Crippen molar-refractivity contribution in [3.05, 3.63) is 35.4 Å². The summed E-state index contributed by atoms with van der Waals surface area (Å²) in [6.45, 7) is 5.34. The smallest absolute Gasteiger partial charge is 0.327 e. The van der Waals surface area contributed by atoms with Gasteiger partial charge in [0, 0.05) is 26.5 Å². The number of imide groups is 1. The number of fused-ring (bicyclic) bond motifs is 1. The number of urea groups is 1. The summed E-state index contributed by atoms with van der Waals surface area (Å²) >= 11 is 1.67. The molecule has 8 heteroatoms. The summed E-state index contributed by atoms with van der Waals surface area (Å²) < 4.78 is 5.45. The molecule has 2 saturated heterocycles. The molecule has 1 aromatic rings. The molecule has 7 nitrogen and oxygen atoms in total. The van der Waals surface area contributed by atoms with Crippen LogP contribution >= 0.6 is 11.8 Å². The van der Waals surface area contributed by atoms with Crippen LogP contribution in [0.5, 0.6) is 0 Å². The van der Waals surface area contributed by atoms with Crippen LogP contribution in [0.15, 0.2) is 24.3 Å². The Kier molecular flexibility index (Phi) is 6.41. The molecule has 4 unspecified atom stereocenters. The van der Waals surface area contributed by atoms with E-state index in [0.29, 0.717) is 13.2 Å². The first-order valence-corrected chi connectivity index (χ1v) is 10.3. The minimum Gasteiger partial charge on any atom is -0.381 e. The SMILES string of the molecule is CCOCCSC1NC(c2cccc(C)c2)NC2C1C(=O)N(C)C(=O)N2C. The highest BCUT2D eigenvalue weighted by Crippen LogP contribution is 2.34. The molecule has 0 aromatic heterocycles. The van der Waals surface area contributed by atoms with E-state index in [1.165, 1.54) is 10.5 Å². The van der Waals surface area contributed by atoms with Crippen molar-refractivity contribution in [3.8, 4) is 0 Å². The van der Waals surface area contributed by atoms with E-state index in [1.807, 2.05) is 13.0 Å². The van der Waals surface area contributed by atoms with Crippen molar-refractivity contribution in [2.24, 2.45) is 5.92 Å². The summed E-state index contributed by atoms with van der Waals surface area (Å²) in [7, 11) is 3.29. The van der Waals surface area contributed by atoms with Gasteiger partial charge in [-0.2, -0.15) is 0 Å². The molecule has 0 spiro atoms. The highest BCUT2D eigenvalue weighted by Gasteiger charge is 2.50. The summed E-state index contributed by atoms with van der Waals surface area (Å²) in [4.78, 5) is 28.1. The predicted octanol–water partition coefficient (Wildman–Crippen LogP) is 1.75. The van der Waals surface area contributed by atoms with Gasteiger partial charge in [0.15, 0.2) is 0 Å². The third kappa shape index (κ3) is 4.13. The number of benzene rings is 1. The van der Waals surface area contributed by atoms with Crippen LogP contribution in [0.1, 0.15) is 24.2 Å². The monoisotopic (exact) mass is 392 g/mol. The molecule has 0 saturated carbocycles. The molecule has 3 amide bonds. The summed E-state index contributed by atoms with van der Waals surface area (Å²) in [5.41, 5.74) is 2.26. The Morgan fingerprint density at radius 1 is 1.22 bits per heavy atom. The van der Waals surface area contributed by atoms with E-state index >= 15 is 0 Å². The molecule has 2 heterocycles. The lowest BCUT2D eigenvalue weighted by atomic mass is 9.95. The molecular formula is C19H28N4O3S. The number of rotatable bonds is 6. The number of hydrogen-bond acceptors (Lipinski definition) is 6. The molecule has 3 rings (SSSR count). The lowest BCUT2D eigenvalue weighted by Gasteiger charge is -2.50. The Hall–Kier alpha value is -1.61. The number of thioether (sulfide) groups is 1. The minimum absolute atomic E-state index is 0.118. The van der Waals surface area contributed by atoms with Crippen LogP contribution in [0, 0.1) is 12.8 Å². The Bertz CT molecular complexity index is 701. The maximum atomic E-state index is 12.9. The Morgan fingerprint density at radius 2 is 2.00 bits per heavy atom. The summed E-state index contributed by atoms with van der Waals surface area (Å²) in [5, 5.41) is 6.92. The van der Waals surface area contributed by atoms with Crippen LogP contribution in [0.2, 0.25) is 0 Å². The van der Waals surface area contributed by atoms with E-state index in [4.69, 9.17) is 4.74 Å². The Balaban J connectivity index is 1.85. The summed E-state index contributed by atoms with van der Waals surface area (Å²) in [5.74, 6) is 0.272. The van der Waals surface area contributed by atoms with Crippen LogP contribution in [0.25, 0.3) is 0 Å². The zero-order valence-electron chi connectivity index (χ0n) is 16.3. The van der Waals surface area contributed by atoms with Crippen molar-refractivity contribution >= 4 is 23.7 Å².